The Labute approximate surface area is 173 Å². The summed E-state index contributed by atoms with van der Waals surface area (Å²) in [5.74, 6) is -0.354. The molecule has 0 radical (unpaired) electrons. The summed E-state index contributed by atoms with van der Waals surface area (Å²) in [6.07, 6.45) is 7.87. The summed E-state index contributed by atoms with van der Waals surface area (Å²) < 4.78 is 26.8. The van der Waals surface area contributed by atoms with Gasteiger partial charge in [-0.2, -0.15) is 10.1 Å². The fraction of sp³-hybridized carbons (Fsp3) is 0.429. The number of halogens is 2. The molecule has 1 aliphatic heterocycles. The minimum absolute atomic E-state index is 0.0472. The Kier molecular flexibility index (Phi) is 5.61. The zero-order valence-electron chi connectivity index (χ0n) is 17.0. The molecule has 9 heteroatoms. The quantitative estimate of drug-likeness (QED) is 0.597. The van der Waals surface area contributed by atoms with Gasteiger partial charge in [-0.3, -0.25) is 4.79 Å². The smallest absolute Gasteiger partial charge is 0.249 e. The van der Waals surface area contributed by atoms with Gasteiger partial charge in [0.15, 0.2) is 5.82 Å². The van der Waals surface area contributed by atoms with Crippen LogP contribution in [0.3, 0.4) is 0 Å². The third-order valence-electron chi connectivity index (χ3n) is 5.74. The van der Waals surface area contributed by atoms with Gasteiger partial charge in [-0.15, -0.1) is 0 Å². The summed E-state index contributed by atoms with van der Waals surface area (Å²) in [5.41, 5.74) is 3.52. The van der Waals surface area contributed by atoms with Crippen molar-refractivity contribution in [3.05, 3.63) is 41.6 Å². The van der Waals surface area contributed by atoms with Gasteiger partial charge in [0, 0.05) is 24.7 Å². The van der Waals surface area contributed by atoms with Gasteiger partial charge in [0.25, 0.3) is 0 Å². The average molecular weight is 414 g/mol. The molecule has 2 aliphatic rings. The van der Waals surface area contributed by atoms with Crippen LogP contribution in [0.15, 0.2) is 29.5 Å². The Morgan fingerprint density at radius 3 is 2.77 bits per heavy atom. The number of fused-ring (bicyclic) bond motifs is 1. The zero-order valence-corrected chi connectivity index (χ0v) is 17.0. The number of nitrogens with one attached hydrogen (secondary N) is 1. The summed E-state index contributed by atoms with van der Waals surface area (Å²) >= 11 is 0. The van der Waals surface area contributed by atoms with Crippen LogP contribution in [0.25, 0.3) is 0 Å². The number of likely N-dealkylation sites (N-methyl/N-ethyl adjacent to an activating group) is 1. The maximum Gasteiger partial charge on any atom is 0.249 e. The van der Waals surface area contributed by atoms with Gasteiger partial charge in [0.1, 0.15) is 23.4 Å². The van der Waals surface area contributed by atoms with Crippen molar-refractivity contribution in [2.45, 2.75) is 51.1 Å². The second kappa shape index (κ2) is 8.33. The van der Waals surface area contributed by atoms with Gasteiger partial charge in [-0.1, -0.05) is 19.8 Å². The lowest BCUT2D eigenvalue weighted by Gasteiger charge is -2.43. The van der Waals surface area contributed by atoms with E-state index in [-0.39, 0.29) is 29.5 Å². The predicted octanol–water partition coefficient (Wildman–Crippen LogP) is 3.70. The number of rotatable bonds is 5. The molecule has 4 rings (SSSR count). The number of amides is 1. The largest absolute Gasteiger partial charge is 0.340 e. The van der Waals surface area contributed by atoms with Crippen molar-refractivity contribution in [1.29, 1.82) is 0 Å². The van der Waals surface area contributed by atoms with Crippen LogP contribution in [-0.4, -0.2) is 41.2 Å². The van der Waals surface area contributed by atoms with Crippen molar-refractivity contribution in [1.82, 2.24) is 9.97 Å². The van der Waals surface area contributed by atoms with Gasteiger partial charge in [0.2, 0.25) is 11.9 Å². The summed E-state index contributed by atoms with van der Waals surface area (Å²) in [5, 5.41) is 3.99. The number of benzene rings is 1. The number of hydrogen-bond acceptors (Lipinski definition) is 6. The Morgan fingerprint density at radius 2 is 2.07 bits per heavy atom. The molecule has 1 N–H and O–H groups in total. The first kappa shape index (κ1) is 20.2. The second-order valence-corrected chi connectivity index (χ2v) is 7.61. The molecule has 2 aromatic rings. The molecule has 1 aromatic carbocycles. The van der Waals surface area contributed by atoms with E-state index in [1.807, 2.05) is 6.92 Å². The Hall–Kier alpha value is -3.10. The number of carbonyl (C=O) groups excluding carboxylic acids is 1. The second-order valence-electron chi connectivity index (χ2n) is 7.61. The molecule has 0 saturated heterocycles. The molecule has 0 spiro atoms. The molecule has 1 atom stereocenters. The van der Waals surface area contributed by atoms with E-state index >= 15 is 0 Å². The lowest BCUT2D eigenvalue weighted by Crippen LogP contribution is -2.55. The topological polar surface area (TPSA) is 73.7 Å². The summed E-state index contributed by atoms with van der Waals surface area (Å²) in [6.45, 7) is 2.01. The van der Waals surface area contributed by atoms with E-state index in [4.69, 9.17) is 0 Å². The molecule has 158 valence electrons. The first-order chi connectivity index (χ1) is 14.5. The molecule has 30 heavy (non-hydrogen) atoms. The molecule has 1 aliphatic carbocycles. The summed E-state index contributed by atoms with van der Waals surface area (Å²) in [7, 11) is 1.74. The van der Waals surface area contributed by atoms with Crippen molar-refractivity contribution in [3.8, 4) is 0 Å². The number of hydrogen-bond donors (Lipinski definition) is 1. The predicted molar refractivity (Wildman–Crippen MR) is 112 cm³/mol. The molecule has 1 aromatic heterocycles. The number of carbonyl (C=O) groups is 1. The van der Waals surface area contributed by atoms with Gasteiger partial charge in [-0.25, -0.2) is 19.2 Å². The van der Waals surface area contributed by atoms with Crippen LogP contribution in [0.2, 0.25) is 0 Å². The van der Waals surface area contributed by atoms with Crippen LogP contribution in [0.1, 0.15) is 44.6 Å². The van der Waals surface area contributed by atoms with Crippen molar-refractivity contribution in [2.75, 3.05) is 22.3 Å². The minimum atomic E-state index is -0.703. The molecule has 0 bridgehead atoms. The highest BCUT2D eigenvalue weighted by molar-refractivity contribution is 6.04. The van der Waals surface area contributed by atoms with Crippen LogP contribution in [0, 0.1) is 11.6 Å². The van der Waals surface area contributed by atoms with Crippen molar-refractivity contribution in [3.63, 3.8) is 0 Å². The van der Waals surface area contributed by atoms with E-state index in [1.165, 1.54) is 12.3 Å². The maximum atomic E-state index is 13.8. The van der Waals surface area contributed by atoms with E-state index in [1.54, 1.807) is 18.1 Å². The standard InChI is InChI=1S/C21H24F2N6O/c1-3-17-20(30)28(2)18-12-24-21(26-19(18)29(17)15-6-4-5-7-15)27-25-11-13-8-9-14(22)10-16(13)23/h8-12,15,17H,3-7H2,1-2H3,(H,24,26,27). The fourth-order valence-electron chi connectivity index (χ4n) is 4.20. The number of anilines is 3. The third-order valence-corrected chi connectivity index (χ3v) is 5.74. The van der Waals surface area contributed by atoms with Gasteiger partial charge >= 0.3 is 0 Å². The highest BCUT2D eigenvalue weighted by Gasteiger charge is 2.41. The highest BCUT2D eigenvalue weighted by Crippen LogP contribution is 2.39. The maximum absolute atomic E-state index is 13.8. The molecule has 1 fully saturated rings. The van der Waals surface area contributed by atoms with Crippen LogP contribution in [0.4, 0.5) is 26.2 Å². The average Bonchev–Trinajstić information content (AvgIpc) is 3.26. The highest BCUT2D eigenvalue weighted by atomic mass is 19.1. The zero-order chi connectivity index (χ0) is 21.3. The SMILES string of the molecule is CCC1C(=O)N(C)c2cnc(NN=Cc3ccc(F)cc3F)nc2N1C1CCCC1. The number of hydrazone groups is 1. The summed E-state index contributed by atoms with van der Waals surface area (Å²) in [6, 6.07) is 3.28. The number of nitrogens with zero attached hydrogens (tertiary/aromatic N) is 5. The Balaban J connectivity index is 1.62. The molecular weight excluding hydrogens is 390 g/mol. The molecule has 1 saturated carbocycles. The number of aromatic nitrogens is 2. The molecule has 1 amide bonds. The van der Waals surface area contributed by atoms with Crippen LogP contribution in [0.5, 0.6) is 0 Å². The minimum Gasteiger partial charge on any atom is -0.340 e. The summed E-state index contributed by atoms with van der Waals surface area (Å²) in [4.78, 5) is 25.5. The molecule has 2 heterocycles. The molecule has 7 nitrogen and oxygen atoms in total. The van der Waals surface area contributed by atoms with Crippen LogP contribution < -0.4 is 15.2 Å². The lowest BCUT2D eigenvalue weighted by molar-refractivity contribution is -0.120. The van der Waals surface area contributed by atoms with E-state index in [0.29, 0.717) is 17.9 Å². The molecule has 1 unspecified atom stereocenters. The van der Waals surface area contributed by atoms with Crippen LogP contribution >= 0.6 is 0 Å². The van der Waals surface area contributed by atoms with E-state index < -0.39 is 11.6 Å². The van der Waals surface area contributed by atoms with E-state index in [0.717, 1.165) is 37.8 Å². The van der Waals surface area contributed by atoms with E-state index in [2.05, 4.69) is 25.4 Å². The van der Waals surface area contributed by atoms with E-state index in [9.17, 15) is 13.6 Å². The Morgan fingerprint density at radius 1 is 1.30 bits per heavy atom. The Bertz CT molecular complexity index is 976. The van der Waals surface area contributed by atoms with Gasteiger partial charge in [-0.05, 0) is 31.4 Å². The van der Waals surface area contributed by atoms with Crippen molar-refractivity contribution < 1.29 is 13.6 Å². The normalized spacial score (nSPS) is 19.6. The van der Waals surface area contributed by atoms with Crippen molar-refractivity contribution >= 4 is 29.6 Å². The lowest BCUT2D eigenvalue weighted by atomic mass is 10.0. The van der Waals surface area contributed by atoms with Crippen molar-refractivity contribution in [2.24, 2.45) is 5.10 Å². The van der Waals surface area contributed by atoms with Crippen LogP contribution in [-0.2, 0) is 4.79 Å². The first-order valence-electron chi connectivity index (χ1n) is 10.2. The first-order valence-corrected chi connectivity index (χ1v) is 10.2. The fourth-order valence-corrected chi connectivity index (χ4v) is 4.20. The molecular formula is C21H24F2N6O. The monoisotopic (exact) mass is 414 g/mol. The van der Waals surface area contributed by atoms with Gasteiger partial charge < -0.3 is 9.80 Å². The van der Waals surface area contributed by atoms with Gasteiger partial charge in [0.05, 0.1) is 12.4 Å². The third kappa shape index (κ3) is 3.71.